The number of ether oxygens (including phenoxy) is 2. The Labute approximate surface area is 185 Å². The summed E-state index contributed by atoms with van der Waals surface area (Å²) in [4.78, 5) is 17.8. The van der Waals surface area contributed by atoms with E-state index in [0.717, 1.165) is 38.0 Å². The van der Waals surface area contributed by atoms with Gasteiger partial charge >= 0.3 is 0 Å². The molecular weight excluding hydrogens is 418 g/mol. The number of benzene rings is 1. The lowest BCUT2D eigenvalue weighted by Gasteiger charge is -2.35. The fraction of sp³-hybridized carbons (Fsp3) is 0.682. The monoisotopic (exact) mass is 451 g/mol. The summed E-state index contributed by atoms with van der Waals surface area (Å²) in [6.45, 7) is 7.64. The van der Waals surface area contributed by atoms with E-state index in [1.807, 2.05) is 4.90 Å². The van der Waals surface area contributed by atoms with Crippen LogP contribution in [0.2, 0.25) is 0 Å². The topological polar surface area (TPSA) is 79.4 Å². The normalized spacial score (nSPS) is 23.7. The predicted octanol–water partition coefficient (Wildman–Crippen LogP) is 1.81. The molecule has 0 aromatic heterocycles. The first-order valence-corrected chi connectivity index (χ1v) is 12.8. The lowest BCUT2D eigenvalue weighted by atomic mass is 9.95. The highest BCUT2D eigenvalue weighted by molar-refractivity contribution is 7.89. The minimum atomic E-state index is -3.67. The molecule has 0 aliphatic carbocycles. The number of anilines is 1. The van der Waals surface area contributed by atoms with Gasteiger partial charge in [0.05, 0.1) is 36.9 Å². The Morgan fingerprint density at radius 1 is 1.03 bits per heavy atom. The summed E-state index contributed by atoms with van der Waals surface area (Å²) in [7, 11) is -3.67. The van der Waals surface area contributed by atoms with Gasteiger partial charge in [-0.1, -0.05) is 13.3 Å². The molecule has 1 unspecified atom stereocenters. The van der Waals surface area contributed by atoms with Crippen molar-refractivity contribution in [2.24, 2.45) is 5.92 Å². The molecule has 1 amide bonds. The van der Waals surface area contributed by atoms with Crippen LogP contribution in [-0.4, -0.2) is 89.2 Å². The van der Waals surface area contributed by atoms with E-state index in [1.165, 1.54) is 4.31 Å². The standard InChI is InChI=1S/C22H33N3O5S/c1-2-18-4-3-7-24(17-18)22(26)20-16-19(31(27,28)25-10-14-30-15-11-25)5-6-21(20)23-8-12-29-13-9-23/h5-6,16,18H,2-4,7-15,17H2,1H3. The molecule has 3 aliphatic rings. The summed E-state index contributed by atoms with van der Waals surface area (Å²) in [6, 6.07) is 5.03. The summed E-state index contributed by atoms with van der Waals surface area (Å²) in [6.07, 6.45) is 3.18. The van der Waals surface area contributed by atoms with Crippen molar-refractivity contribution in [2.75, 3.05) is 70.6 Å². The van der Waals surface area contributed by atoms with Gasteiger partial charge in [0.15, 0.2) is 0 Å². The molecule has 0 bridgehead atoms. The molecule has 1 aromatic carbocycles. The van der Waals surface area contributed by atoms with Crippen molar-refractivity contribution in [3.63, 3.8) is 0 Å². The first-order chi connectivity index (χ1) is 15.0. The zero-order valence-electron chi connectivity index (χ0n) is 18.3. The number of piperidine rings is 1. The molecule has 1 atom stereocenters. The largest absolute Gasteiger partial charge is 0.379 e. The van der Waals surface area contributed by atoms with E-state index >= 15 is 0 Å². The van der Waals surface area contributed by atoms with Crippen molar-refractivity contribution in [1.29, 1.82) is 0 Å². The average Bonchev–Trinajstić information content (AvgIpc) is 2.84. The molecule has 0 saturated carbocycles. The van der Waals surface area contributed by atoms with Gasteiger partial charge in [-0.2, -0.15) is 4.31 Å². The second-order valence-electron chi connectivity index (χ2n) is 8.46. The Hall–Kier alpha value is -1.68. The molecule has 4 rings (SSSR count). The van der Waals surface area contributed by atoms with Gasteiger partial charge in [-0.3, -0.25) is 4.79 Å². The van der Waals surface area contributed by atoms with Crippen molar-refractivity contribution in [2.45, 2.75) is 31.1 Å². The average molecular weight is 452 g/mol. The van der Waals surface area contributed by atoms with Gasteiger partial charge in [0.2, 0.25) is 10.0 Å². The van der Waals surface area contributed by atoms with Crippen molar-refractivity contribution < 1.29 is 22.7 Å². The Kier molecular flexibility index (Phi) is 7.15. The molecule has 3 saturated heterocycles. The summed E-state index contributed by atoms with van der Waals surface area (Å²) in [5.74, 6) is 0.434. The van der Waals surface area contributed by atoms with Crippen LogP contribution in [0.5, 0.6) is 0 Å². The second kappa shape index (κ2) is 9.85. The van der Waals surface area contributed by atoms with E-state index < -0.39 is 10.0 Å². The molecule has 0 N–H and O–H groups in total. The lowest BCUT2D eigenvalue weighted by Crippen LogP contribution is -2.42. The quantitative estimate of drug-likeness (QED) is 0.679. The molecule has 3 aliphatic heterocycles. The molecule has 1 aromatic rings. The number of carbonyl (C=O) groups excluding carboxylic acids is 1. The third kappa shape index (κ3) is 4.89. The number of hydrogen-bond acceptors (Lipinski definition) is 6. The number of rotatable bonds is 5. The Morgan fingerprint density at radius 2 is 1.71 bits per heavy atom. The van der Waals surface area contributed by atoms with E-state index in [2.05, 4.69) is 11.8 Å². The van der Waals surface area contributed by atoms with Crippen LogP contribution in [0.3, 0.4) is 0 Å². The molecule has 0 radical (unpaired) electrons. The van der Waals surface area contributed by atoms with Gasteiger partial charge in [0.25, 0.3) is 5.91 Å². The Bertz CT molecular complexity index is 879. The van der Waals surface area contributed by atoms with Crippen LogP contribution >= 0.6 is 0 Å². The summed E-state index contributed by atoms with van der Waals surface area (Å²) < 4.78 is 38.7. The second-order valence-corrected chi connectivity index (χ2v) is 10.4. The van der Waals surface area contributed by atoms with E-state index in [1.54, 1.807) is 18.2 Å². The third-order valence-corrected chi connectivity index (χ3v) is 8.44. The molecule has 3 heterocycles. The summed E-state index contributed by atoms with van der Waals surface area (Å²) in [5.41, 5.74) is 1.28. The highest BCUT2D eigenvalue weighted by Crippen LogP contribution is 2.30. The third-order valence-electron chi connectivity index (χ3n) is 6.54. The SMILES string of the molecule is CCC1CCCN(C(=O)c2cc(S(=O)(=O)N3CCOCC3)ccc2N2CCOCC2)C1. The number of morpholine rings is 2. The van der Waals surface area contributed by atoms with Gasteiger partial charge in [-0.05, 0) is 37.0 Å². The van der Waals surface area contributed by atoms with Gasteiger partial charge in [0, 0.05) is 45.0 Å². The maximum absolute atomic E-state index is 13.6. The molecule has 0 spiro atoms. The number of carbonyl (C=O) groups is 1. The number of amides is 1. The van der Waals surface area contributed by atoms with E-state index in [0.29, 0.717) is 64.1 Å². The first kappa shape index (κ1) is 22.5. The highest BCUT2D eigenvalue weighted by atomic mass is 32.2. The molecule has 9 heteroatoms. The zero-order chi connectivity index (χ0) is 21.8. The van der Waals surface area contributed by atoms with E-state index in [4.69, 9.17) is 9.47 Å². The van der Waals surface area contributed by atoms with Crippen LogP contribution in [0.15, 0.2) is 23.1 Å². The van der Waals surface area contributed by atoms with Crippen molar-refractivity contribution in [3.05, 3.63) is 23.8 Å². The van der Waals surface area contributed by atoms with Gasteiger partial charge in [-0.25, -0.2) is 8.42 Å². The smallest absolute Gasteiger partial charge is 0.256 e. The van der Waals surface area contributed by atoms with Crippen LogP contribution in [0.25, 0.3) is 0 Å². The molecule has 172 valence electrons. The van der Waals surface area contributed by atoms with Crippen LogP contribution in [0.1, 0.15) is 36.5 Å². The maximum atomic E-state index is 13.6. The van der Waals surface area contributed by atoms with Gasteiger partial charge in [-0.15, -0.1) is 0 Å². The van der Waals surface area contributed by atoms with Crippen molar-refractivity contribution in [1.82, 2.24) is 9.21 Å². The number of nitrogens with zero attached hydrogens (tertiary/aromatic N) is 3. The van der Waals surface area contributed by atoms with Gasteiger partial charge in [0.1, 0.15) is 0 Å². The zero-order valence-corrected chi connectivity index (χ0v) is 19.1. The Balaban J connectivity index is 1.69. The van der Waals surface area contributed by atoms with Gasteiger partial charge < -0.3 is 19.3 Å². The van der Waals surface area contributed by atoms with Crippen molar-refractivity contribution >= 4 is 21.6 Å². The molecule has 8 nitrogen and oxygen atoms in total. The fourth-order valence-electron chi connectivity index (χ4n) is 4.62. The fourth-order valence-corrected chi connectivity index (χ4v) is 6.05. The van der Waals surface area contributed by atoms with Crippen LogP contribution in [-0.2, 0) is 19.5 Å². The van der Waals surface area contributed by atoms with Crippen LogP contribution in [0, 0.1) is 5.92 Å². The maximum Gasteiger partial charge on any atom is 0.256 e. The van der Waals surface area contributed by atoms with E-state index in [9.17, 15) is 13.2 Å². The minimum Gasteiger partial charge on any atom is -0.379 e. The first-order valence-electron chi connectivity index (χ1n) is 11.3. The van der Waals surface area contributed by atoms with Crippen LogP contribution in [0.4, 0.5) is 5.69 Å². The molecule has 31 heavy (non-hydrogen) atoms. The number of likely N-dealkylation sites (tertiary alicyclic amines) is 1. The summed E-state index contributed by atoms with van der Waals surface area (Å²) in [5, 5.41) is 0. The Morgan fingerprint density at radius 3 is 2.39 bits per heavy atom. The van der Waals surface area contributed by atoms with Crippen molar-refractivity contribution in [3.8, 4) is 0 Å². The van der Waals surface area contributed by atoms with Crippen LogP contribution < -0.4 is 4.90 Å². The minimum absolute atomic E-state index is 0.0707. The van der Waals surface area contributed by atoms with E-state index in [-0.39, 0.29) is 10.8 Å². The summed E-state index contributed by atoms with van der Waals surface area (Å²) >= 11 is 0. The molecular formula is C22H33N3O5S. The predicted molar refractivity (Wildman–Crippen MR) is 118 cm³/mol. The lowest BCUT2D eigenvalue weighted by molar-refractivity contribution is 0.0670. The highest BCUT2D eigenvalue weighted by Gasteiger charge is 2.31. The number of sulfonamides is 1. The number of hydrogen-bond donors (Lipinski definition) is 0. The molecule has 3 fully saturated rings.